The lowest BCUT2D eigenvalue weighted by atomic mass is 9.97. The van der Waals surface area contributed by atoms with E-state index in [9.17, 15) is 14.4 Å². The van der Waals surface area contributed by atoms with Gasteiger partial charge < -0.3 is 16.0 Å². The zero-order valence-corrected chi connectivity index (χ0v) is 18.9. The van der Waals surface area contributed by atoms with Crippen LogP contribution in [0.1, 0.15) is 39.2 Å². The van der Waals surface area contributed by atoms with Crippen molar-refractivity contribution in [3.8, 4) is 0 Å². The first-order chi connectivity index (χ1) is 15.4. The highest BCUT2D eigenvalue weighted by Gasteiger charge is 2.32. The van der Waals surface area contributed by atoms with Gasteiger partial charge in [0.25, 0.3) is 0 Å². The van der Waals surface area contributed by atoms with Crippen LogP contribution >= 0.6 is 0 Å². The van der Waals surface area contributed by atoms with Crippen molar-refractivity contribution in [2.45, 2.75) is 52.1 Å². The smallest absolute Gasteiger partial charge is 0.323 e. The number of rotatable bonds is 8. The third-order valence-corrected chi connectivity index (χ3v) is 5.89. The van der Waals surface area contributed by atoms with Gasteiger partial charge in [0.1, 0.15) is 12.6 Å². The summed E-state index contributed by atoms with van der Waals surface area (Å²) >= 11 is 0. The second-order valence-corrected chi connectivity index (χ2v) is 8.40. The fourth-order valence-corrected chi connectivity index (χ4v) is 3.76. The third kappa shape index (κ3) is 5.87. The molecule has 0 aromatic heterocycles. The van der Waals surface area contributed by atoms with E-state index in [2.05, 4.69) is 28.1 Å². The number of hydrogen-bond donors (Lipinski definition) is 3. The van der Waals surface area contributed by atoms with Crippen LogP contribution in [0.4, 0.5) is 16.2 Å². The molecule has 0 unspecified atom stereocenters. The summed E-state index contributed by atoms with van der Waals surface area (Å²) in [5.41, 5.74) is 2.42. The Morgan fingerprint density at radius 3 is 2.44 bits per heavy atom. The molecule has 0 spiro atoms. The van der Waals surface area contributed by atoms with E-state index in [1.165, 1.54) is 10.5 Å². The molecule has 3 rings (SSSR count). The first kappa shape index (κ1) is 23.3. The highest BCUT2D eigenvalue weighted by atomic mass is 16.2. The van der Waals surface area contributed by atoms with Crippen LogP contribution in [0.15, 0.2) is 54.6 Å². The summed E-state index contributed by atoms with van der Waals surface area (Å²) in [6.45, 7) is 5.81. The van der Waals surface area contributed by atoms with Crippen molar-refractivity contribution in [1.29, 1.82) is 0 Å². The Labute approximate surface area is 189 Å². The Balaban J connectivity index is 1.65. The topological polar surface area (TPSA) is 90.5 Å². The molecule has 3 atom stereocenters. The van der Waals surface area contributed by atoms with E-state index < -0.39 is 12.1 Å². The summed E-state index contributed by atoms with van der Waals surface area (Å²) < 4.78 is 0. The van der Waals surface area contributed by atoms with Crippen LogP contribution in [0.2, 0.25) is 0 Å². The SMILES string of the molecule is CC[C@H](C)[C@@H](NC(=O)N1CC(=O)Nc2ccccc21)C(=O)N[C@H](C)CCc1ccccc1. The molecule has 4 amide bonds. The van der Waals surface area contributed by atoms with Crippen molar-refractivity contribution >= 4 is 29.2 Å². The van der Waals surface area contributed by atoms with Crippen molar-refractivity contribution < 1.29 is 14.4 Å². The molecule has 0 saturated heterocycles. The molecular weight excluding hydrogens is 404 g/mol. The van der Waals surface area contributed by atoms with Crippen LogP contribution in [0.5, 0.6) is 0 Å². The minimum atomic E-state index is -0.691. The van der Waals surface area contributed by atoms with E-state index in [4.69, 9.17) is 0 Å². The number of aryl methyl sites for hydroxylation is 1. The molecule has 7 heteroatoms. The number of carbonyl (C=O) groups is 3. The van der Waals surface area contributed by atoms with Crippen LogP contribution in [0.25, 0.3) is 0 Å². The second-order valence-electron chi connectivity index (χ2n) is 8.40. The molecule has 1 heterocycles. The number of urea groups is 1. The Hall–Kier alpha value is -3.35. The molecule has 0 aliphatic carbocycles. The number of fused-ring (bicyclic) bond motifs is 1. The average Bonchev–Trinajstić information content (AvgIpc) is 2.80. The molecule has 7 nitrogen and oxygen atoms in total. The van der Waals surface area contributed by atoms with Crippen LogP contribution in [-0.2, 0) is 16.0 Å². The van der Waals surface area contributed by atoms with Gasteiger partial charge in [0.15, 0.2) is 0 Å². The van der Waals surface area contributed by atoms with Crippen molar-refractivity contribution in [1.82, 2.24) is 10.6 Å². The van der Waals surface area contributed by atoms with Gasteiger partial charge in [0, 0.05) is 6.04 Å². The lowest BCUT2D eigenvalue weighted by molar-refractivity contribution is -0.124. The normalized spacial score (nSPS) is 15.7. The van der Waals surface area contributed by atoms with Crippen molar-refractivity contribution in [2.75, 3.05) is 16.8 Å². The predicted molar refractivity (Wildman–Crippen MR) is 127 cm³/mol. The number of hydrogen-bond acceptors (Lipinski definition) is 3. The Morgan fingerprint density at radius 1 is 1.03 bits per heavy atom. The number of carbonyl (C=O) groups excluding carboxylic acids is 3. The molecule has 1 aliphatic heterocycles. The monoisotopic (exact) mass is 436 g/mol. The van der Waals surface area contributed by atoms with Gasteiger partial charge in [-0.25, -0.2) is 4.79 Å². The number of para-hydroxylation sites is 2. The summed E-state index contributed by atoms with van der Waals surface area (Å²) in [4.78, 5) is 39.6. The van der Waals surface area contributed by atoms with E-state index in [-0.39, 0.29) is 30.3 Å². The molecular formula is C25H32N4O3. The zero-order valence-electron chi connectivity index (χ0n) is 18.9. The third-order valence-electron chi connectivity index (χ3n) is 5.89. The van der Waals surface area contributed by atoms with E-state index >= 15 is 0 Å². The van der Waals surface area contributed by atoms with E-state index in [1.54, 1.807) is 18.2 Å². The summed E-state index contributed by atoms with van der Waals surface area (Å²) in [7, 11) is 0. The first-order valence-corrected chi connectivity index (χ1v) is 11.2. The van der Waals surface area contributed by atoms with Crippen LogP contribution in [-0.4, -0.2) is 36.5 Å². The summed E-state index contributed by atoms with van der Waals surface area (Å²) in [6, 6.07) is 16.1. The maximum atomic E-state index is 13.1. The quantitative estimate of drug-likeness (QED) is 0.589. The lowest BCUT2D eigenvalue weighted by Gasteiger charge is -2.32. The average molecular weight is 437 g/mol. The maximum Gasteiger partial charge on any atom is 0.323 e. The first-order valence-electron chi connectivity index (χ1n) is 11.2. The fraction of sp³-hybridized carbons (Fsp3) is 0.400. The lowest BCUT2D eigenvalue weighted by Crippen LogP contribution is -2.56. The molecule has 3 N–H and O–H groups in total. The van der Waals surface area contributed by atoms with Crippen molar-refractivity contribution in [2.24, 2.45) is 5.92 Å². The Bertz CT molecular complexity index is 947. The molecule has 2 aromatic carbocycles. The maximum absolute atomic E-state index is 13.1. The van der Waals surface area contributed by atoms with Gasteiger partial charge in [-0.3, -0.25) is 14.5 Å². The highest BCUT2D eigenvalue weighted by Crippen LogP contribution is 2.29. The highest BCUT2D eigenvalue weighted by molar-refractivity contribution is 6.10. The largest absolute Gasteiger partial charge is 0.352 e. The predicted octanol–water partition coefficient (Wildman–Crippen LogP) is 3.71. The Morgan fingerprint density at radius 2 is 1.72 bits per heavy atom. The van der Waals surface area contributed by atoms with Crippen molar-refractivity contribution in [3.05, 3.63) is 60.2 Å². The number of anilines is 2. The molecule has 0 saturated carbocycles. The summed E-state index contributed by atoms with van der Waals surface area (Å²) in [6.07, 6.45) is 2.40. The standard InChI is InChI=1S/C25H32N4O3/c1-4-17(2)23(24(31)26-18(3)14-15-19-10-6-5-7-11-19)28-25(32)29-16-22(30)27-20-12-8-9-13-21(20)29/h5-13,17-18,23H,4,14-16H2,1-3H3,(H,26,31)(H,27,30)(H,28,32)/t17-,18+,23+/m0/s1. The van der Waals surface area contributed by atoms with Gasteiger partial charge in [0.2, 0.25) is 11.8 Å². The molecule has 0 fully saturated rings. The molecule has 170 valence electrons. The van der Waals surface area contributed by atoms with Gasteiger partial charge in [0.05, 0.1) is 11.4 Å². The fourth-order valence-electron chi connectivity index (χ4n) is 3.76. The van der Waals surface area contributed by atoms with Gasteiger partial charge in [-0.1, -0.05) is 62.7 Å². The van der Waals surface area contributed by atoms with E-state index in [0.717, 1.165) is 19.3 Å². The second kappa shape index (κ2) is 10.8. The van der Waals surface area contributed by atoms with Gasteiger partial charge in [-0.2, -0.15) is 0 Å². The summed E-state index contributed by atoms with van der Waals surface area (Å²) in [5.74, 6) is -0.532. The van der Waals surface area contributed by atoms with Crippen molar-refractivity contribution in [3.63, 3.8) is 0 Å². The zero-order chi connectivity index (χ0) is 23.1. The molecule has 0 radical (unpaired) electrons. The molecule has 2 aromatic rings. The van der Waals surface area contributed by atoms with Crippen LogP contribution in [0.3, 0.4) is 0 Å². The van der Waals surface area contributed by atoms with E-state index in [1.807, 2.05) is 45.0 Å². The minimum absolute atomic E-state index is 0.0346. The molecule has 32 heavy (non-hydrogen) atoms. The van der Waals surface area contributed by atoms with E-state index in [0.29, 0.717) is 11.4 Å². The van der Waals surface area contributed by atoms with Crippen LogP contribution < -0.4 is 20.9 Å². The number of benzene rings is 2. The molecule has 0 bridgehead atoms. The molecule has 1 aliphatic rings. The minimum Gasteiger partial charge on any atom is -0.352 e. The Kier molecular flexibility index (Phi) is 7.87. The van der Waals surface area contributed by atoms with Crippen LogP contribution in [0, 0.1) is 5.92 Å². The number of nitrogens with one attached hydrogen (secondary N) is 3. The van der Waals surface area contributed by atoms with Gasteiger partial charge >= 0.3 is 6.03 Å². The van der Waals surface area contributed by atoms with Gasteiger partial charge in [-0.15, -0.1) is 0 Å². The number of nitrogens with zero attached hydrogens (tertiary/aromatic N) is 1. The number of amides is 4. The summed E-state index contributed by atoms with van der Waals surface area (Å²) in [5, 5.41) is 8.69. The van der Waals surface area contributed by atoms with Gasteiger partial charge in [-0.05, 0) is 43.4 Å².